The van der Waals surface area contributed by atoms with E-state index in [0.29, 0.717) is 48.6 Å². The molecule has 0 amide bonds. The Balaban J connectivity index is 0.00000722. The first-order valence-electron chi connectivity index (χ1n) is 14.7. The van der Waals surface area contributed by atoms with Crippen molar-refractivity contribution in [2.24, 2.45) is 11.5 Å². The molecule has 2 unspecified atom stereocenters. The Hall–Kier alpha value is -1.17. The number of benzene rings is 2. The van der Waals surface area contributed by atoms with Crippen LogP contribution in [0.2, 0.25) is 0 Å². The summed E-state index contributed by atoms with van der Waals surface area (Å²) in [5, 5.41) is 4.99. The van der Waals surface area contributed by atoms with Crippen LogP contribution in [0, 0.1) is 0 Å². The summed E-state index contributed by atoms with van der Waals surface area (Å²) < 4.78 is 0. The maximum atomic E-state index is 6.90. The molecule has 0 aliphatic carbocycles. The van der Waals surface area contributed by atoms with Gasteiger partial charge in [-0.25, -0.2) is 0 Å². The maximum Gasteiger partial charge on any atom is 0.0110 e. The Morgan fingerprint density at radius 2 is 0.711 bits per heavy atom. The molecule has 0 aromatic heterocycles. The summed E-state index contributed by atoms with van der Waals surface area (Å²) in [7, 11) is 0. The Kier molecular flexibility index (Phi) is 13.8. The minimum atomic E-state index is -0.124. The van der Waals surface area contributed by atoms with Crippen molar-refractivity contribution in [3.63, 3.8) is 0 Å². The minimum Gasteiger partial charge on any atom is -0.659 e. The second-order valence-electron chi connectivity index (χ2n) is 13.0. The van der Waals surface area contributed by atoms with Gasteiger partial charge in [-0.3, -0.25) is 0 Å². The first kappa shape index (κ1) is 34.9. The molecule has 2 aromatic rings. The molecule has 4 N–H and O–H groups in total. The molecule has 3 nitrogen and oxygen atoms in total. The van der Waals surface area contributed by atoms with Crippen LogP contribution >= 0.6 is 0 Å². The van der Waals surface area contributed by atoms with Crippen LogP contribution in [0.25, 0.3) is 5.32 Å². The fourth-order valence-corrected chi connectivity index (χ4v) is 5.41. The summed E-state index contributed by atoms with van der Waals surface area (Å²) >= 11 is 0. The number of hydrogen-bond donors (Lipinski definition) is 2. The van der Waals surface area contributed by atoms with E-state index in [9.17, 15) is 0 Å². The standard InChI is InChI=1S/C34H56N3.Co/c1-19(2)25-13-27(21(5)6)33(28(14-25)22(7)8)31(35)17-37-18-32(36)34-29(23(9)10)15-26(20(3)4)16-30(34)24(11)12;/h13-16,19-24,31-32H,17-18,35-36H2,1-12H3;/q-1;. The zero-order valence-electron chi connectivity index (χ0n) is 26.3. The van der Waals surface area contributed by atoms with Crippen molar-refractivity contribution < 1.29 is 16.8 Å². The Morgan fingerprint density at radius 1 is 0.474 bits per heavy atom. The van der Waals surface area contributed by atoms with Crippen molar-refractivity contribution in [2.45, 2.75) is 131 Å². The van der Waals surface area contributed by atoms with Crippen LogP contribution in [0.15, 0.2) is 24.3 Å². The topological polar surface area (TPSA) is 66.1 Å². The van der Waals surface area contributed by atoms with Gasteiger partial charge in [-0.2, -0.15) is 0 Å². The number of nitrogens with two attached hydrogens (primary N) is 2. The fraction of sp³-hybridized carbons (Fsp3) is 0.647. The van der Waals surface area contributed by atoms with E-state index in [1.54, 1.807) is 0 Å². The average Bonchev–Trinajstić information content (AvgIpc) is 2.81. The second-order valence-corrected chi connectivity index (χ2v) is 13.0. The van der Waals surface area contributed by atoms with Gasteiger partial charge in [0.1, 0.15) is 0 Å². The first-order chi connectivity index (χ1) is 17.2. The molecule has 217 valence electrons. The van der Waals surface area contributed by atoms with E-state index in [1.165, 1.54) is 44.5 Å². The number of nitrogens with zero attached hydrogens (tertiary/aromatic N) is 1. The molecule has 2 rings (SSSR count). The third-order valence-electron chi connectivity index (χ3n) is 7.75. The van der Waals surface area contributed by atoms with E-state index >= 15 is 0 Å². The van der Waals surface area contributed by atoms with Crippen molar-refractivity contribution in [1.29, 1.82) is 0 Å². The van der Waals surface area contributed by atoms with Gasteiger partial charge < -0.3 is 16.8 Å². The van der Waals surface area contributed by atoms with Gasteiger partial charge in [-0.15, -0.1) is 13.1 Å². The molecule has 0 saturated carbocycles. The van der Waals surface area contributed by atoms with Crippen molar-refractivity contribution in [3.05, 3.63) is 74.1 Å². The van der Waals surface area contributed by atoms with E-state index in [1.807, 2.05) is 0 Å². The molecule has 1 radical (unpaired) electrons. The Morgan fingerprint density at radius 3 is 0.895 bits per heavy atom. The van der Waals surface area contributed by atoms with Crippen LogP contribution in [0.3, 0.4) is 0 Å². The molecule has 0 fully saturated rings. The summed E-state index contributed by atoms with van der Waals surface area (Å²) in [5.74, 6) is 2.66. The molecule has 0 spiro atoms. The van der Waals surface area contributed by atoms with Crippen LogP contribution in [-0.2, 0) is 16.8 Å². The molecular formula is C34H56CoN3-. The summed E-state index contributed by atoms with van der Waals surface area (Å²) in [6, 6.07) is 9.26. The molecule has 0 aliphatic heterocycles. The van der Waals surface area contributed by atoms with Crippen LogP contribution in [0.1, 0.15) is 175 Å². The zero-order valence-corrected chi connectivity index (χ0v) is 27.3. The summed E-state index contributed by atoms with van der Waals surface area (Å²) in [4.78, 5) is 0. The van der Waals surface area contributed by atoms with Crippen molar-refractivity contribution >= 4 is 0 Å². The minimum absolute atomic E-state index is 0. The molecule has 2 aromatic carbocycles. The average molecular weight is 566 g/mol. The molecule has 0 saturated heterocycles. The Labute approximate surface area is 245 Å². The SMILES string of the molecule is CC(C)c1cc(C(C)C)c(C(N)C[N-]CC(N)c2c(C(C)C)cc(C(C)C)cc2C(C)C)c(C(C)C)c1.[Co]. The quantitative estimate of drug-likeness (QED) is 0.269. The van der Waals surface area contributed by atoms with Crippen molar-refractivity contribution in [2.75, 3.05) is 13.1 Å². The van der Waals surface area contributed by atoms with Crippen molar-refractivity contribution in [1.82, 2.24) is 0 Å². The van der Waals surface area contributed by atoms with Gasteiger partial charge in [0.05, 0.1) is 0 Å². The third-order valence-corrected chi connectivity index (χ3v) is 7.75. The van der Waals surface area contributed by atoms with Crippen LogP contribution in [-0.4, -0.2) is 13.1 Å². The summed E-state index contributed by atoms with van der Waals surface area (Å²) in [6.07, 6.45) is 0. The third kappa shape index (κ3) is 8.41. The van der Waals surface area contributed by atoms with E-state index < -0.39 is 0 Å². The van der Waals surface area contributed by atoms with E-state index in [0.717, 1.165) is 0 Å². The van der Waals surface area contributed by atoms with Gasteiger partial charge in [0.2, 0.25) is 0 Å². The first-order valence-corrected chi connectivity index (χ1v) is 14.7. The molecule has 0 bridgehead atoms. The van der Waals surface area contributed by atoms with Crippen LogP contribution in [0.4, 0.5) is 0 Å². The van der Waals surface area contributed by atoms with Gasteiger partial charge in [0.15, 0.2) is 0 Å². The van der Waals surface area contributed by atoms with Crippen LogP contribution in [0.5, 0.6) is 0 Å². The van der Waals surface area contributed by atoms with E-state index in [-0.39, 0.29) is 28.9 Å². The molecule has 4 heteroatoms. The van der Waals surface area contributed by atoms with Gasteiger partial charge in [0, 0.05) is 28.9 Å². The normalized spacial score (nSPS) is 13.8. The maximum absolute atomic E-state index is 6.90. The molecular weight excluding hydrogens is 509 g/mol. The largest absolute Gasteiger partial charge is 0.659 e. The predicted octanol–water partition coefficient (Wildman–Crippen LogP) is 9.50. The van der Waals surface area contributed by atoms with E-state index in [2.05, 4.69) is 107 Å². The van der Waals surface area contributed by atoms with Gasteiger partial charge in [-0.05, 0) is 80.0 Å². The smallest absolute Gasteiger partial charge is 0.0110 e. The Bertz CT molecular complexity index is 881. The molecule has 2 atom stereocenters. The zero-order chi connectivity index (χ0) is 28.2. The molecule has 0 heterocycles. The summed E-state index contributed by atoms with van der Waals surface area (Å²) in [6.45, 7) is 28.4. The fourth-order valence-electron chi connectivity index (χ4n) is 5.41. The number of rotatable bonds is 12. The monoisotopic (exact) mass is 565 g/mol. The molecule has 38 heavy (non-hydrogen) atoms. The summed E-state index contributed by atoms with van der Waals surface area (Å²) in [5.41, 5.74) is 24.7. The van der Waals surface area contributed by atoms with Crippen LogP contribution < -0.4 is 11.5 Å². The predicted molar refractivity (Wildman–Crippen MR) is 164 cm³/mol. The van der Waals surface area contributed by atoms with Gasteiger partial charge in [-0.1, -0.05) is 107 Å². The molecule has 0 aliphatic rings. The van der Waals surface area contributed by atoms with Crippen molar-refractivity contribution in [3.8, 4) is 0 Å². The van der Waals surface area contributed by atoms with Gasteiger partial charge in [0.25, 0.3) is 0 Å². The van der Waals surface area contributed by atoms with Gasteiger partial charge >= 0.3 is 0 Å². The second kappa shape index (κ2) is 15.0. The van der Waals surface area contributed by atoms with E-state index in [4.69, 9.17) is 16.8 Å². The number of hydrogen-bond acceptors (Lipinski definition) is 2.